The highest BCUT2D eigenvalue weighted by Gasteiger charge is 2.14. The number of primary amides is 1. The average Bonchev–Trinajstić information content (AvgIpc) is 2.30. The molecule has 1 aromatic carbocycles. The topological polar surface area (TPSA) is 55.1 Å². The molecule has 100 valence electrons. The third kappa shape index (κ3) is 4.40. The lowest BCUT2D eigenvalue weighted by molar-refractivity contribution is 0.248. The maximum absolute atomic E-state index is 10.9. The largest absolute Gasteiger partial charge is 0.352 e. The van der Waals surface area contributed by atoms with E-state index in [9.17, 15) is 4.79 Å². The fourth-order valence-electron chi connectivity index (χ4n) is 2.33. The van der Waals surface area contributed by atoms with Gasteiger partial charge in [-0.15, -0.1) is 0 Å². The van der Waals surface area contributed by atoms with Gasteiger partial charge in [0.1, 0.15) is 0 Å². The maximum Gasteiger partial charge on any atom is 0.312 e. The van der Waals surface area contributed by atoms with Gasteiger partial charge in [-0.3, -0.25) is 0 Å². The summed E-state index contributed by atoms with van der Waals surface area (Å²) in [5.74, 6) is 0.359. The first-order valence-corrected chi connectivity index (χ1v) is 6.65. The highest BCUT2D eigenvalue weighted by Crippen LogP contribution is 2.25. The smallest absolute Gasteiger partial charge is 0.312 e. The van der Waals surface area contributed by atoms with Crippen molar-refractivity contribution in [2.24, 2.45) is 5.73 Å². The Morgan fingerprint density at radius 1 is 1.39 bits per heavy atom. The molecule has 18 heavy (non-hydrogen) atoms. The number of benzene rings is 1. The summed E-state index contributed by atoms with van der Waals surface area (Å²) in [6, 6.07) is 6.05. The average molecular weight is 248 g/mol. The fourth-order valence-corrected chi connectivity index (χ4v) is 2.33. The van der Waals surface area contributed by atoms with Crippen molar-refractivity contribution in [3.05, 3.63) is 34.9 Å². The van der Waals surface area contributed by atoms with Crippen molar-refractivity contribution in [3.8, 4) is 0 Å². The van der Waals surface area contributed by atoms with Crippen LogP contribution in [0.15, 0.2) is 18.2 Å². The van der Waals surface area contributed by atoms with E-state index in [0.717, 1.165) is 12.8 Å². The number of hydrogen-bond donors (Lipinski definition) is 2. The van der Waals surface area contributed by atoms with Crippen molar-refractivity contribution in [2.75, 3.05) is 6.54 Å². The van der Waals surface area contributed by atoms with Gasteiger partial charge in [0, 0.05) is 12.5 Å². The van der Waals surface area contributed by atoms with Crippen molar-refractivity contribution >= 4 is 6.03 Å². The number of nitrogens with one attached hydrogen (secondary N) is 1. The molecule has 0 saturated heterocycles. The van der Waals surface area contributed by atoms with Crippen LogP contribution in [0.1, 0.15) is 48.8 Å². The molecule has 0 aliphatic rings. The van der Waals surface area contributed by atoms with Crippen LogP contribution in [0.5, 0.6) is 0 Å². The maximum atomic E-state index is 10.9. The van der Waals surface area contributed by atoms with E-state index >= 15 is 0 Å². The van der Waals surface area contributed by atoms with Gasteiger partial charge >= 0.3 is 6.03 Å². The highest BCUT2D eigenvalue weighted by molar-refractivity contribution is 5.71. The molecule has 3 heteroatoms. The molecule has 0 radical (unpaired) electrons. The van der Waals surface area contributed by atoms with Gasteiger partial charge in [-0.1, -0.05) is 43.5 Å². The quantitative estimate of drug-likeness (QED) is 0.797. The number of unbranched alkanes of at least 4 members (excludes halogenated alkanes) is 1. The molecule has 1 aromatic rings. The third-order valence-electron chi connectivity index (χ3n) is 3.29. The summed E-state index contributed by atoms with van der Waals surface area (Å²) in [5.41, 5.74) is 9.05. The van der Waals surface area contributed by atoms with Gasteiger partial charge in [0.2, 0.25) is 0 Å². The molecule has 0 aliphatic heterocycles. The minimum Gasteiger partial charge on any atom is -0.352 e. The minimum atomic E-state index is -0.443. The summed E-state index contributed by atoms with van der Waals surface area (Å²) in [6.07, 6.45) is 3.41. The molecule has 0 bridgehead atoms. The standard InChI is InChI=1S/C15H24N2O/c1-4-5-6-13(10-17-15(16)18)14-8-7-11(2)9-12(14)3/h7-9,13H,4-6,10H2,1-3H3,(H3,16,17,18). The molecular weight excluding hydrogens is 224 g/mol. The van der Waals surface area contributed by atoms with Crippen LogP contribution in [0.25, 0.3) is 0 Å². The van der Waals surface area contributed by atoms with Gasteiger partial charge in [0.25, 0.3) is 0 Å². The predicted molar refractivity (Wildman–Crippen MR) is 75.8 cm³/mol. The van der Waals surface area contributed by atoms with E-state index in [1.165, 1.54) is 23.1 Å². The Morgan fingerprint density at radius 2 is 2.11 bits per heavy atom. The first kappa shape index (κ1) is 14.6. The Bertz CT molecular complexity index is 401. The zero-order valence-corrected chi connectivity index (χ0v) is 11.6. The number of hydrogen-bond acceptors (Lipinski definition) is 1. The molecule has 0 saturated carbocycles. The zero-order chi connectivity index (χ0) is 13.5. The van der Waals surface area contributed by atoms with E-state index in [0.29, 0.717) is 12.5 Å². The molecule has 0 aromatic heterocycles. The SMILES string of the molecule is CCCCC(CNC(N)=O)c1ccc(C)cc1C. The number of nitrogens with two attached hydrogens (primary N) is 1. The predicted octanol–water partition coefficient (Wildman–Crippen LogP) is 3.25. The van der Waals surface area contributed by atoms with E-state index in [4.69, 9.17) is 5.73 Å². The Kier molecular flexibility index (Phi) is 5.69. The molecule has 0 heterocycles. The molecule has 0 spiro atoms. The lowest BCUT2D eigenvalue weighted by Gasteiger charge is -2.20. The second-order valence-corrected chi connectivity index (χ2v) is 4.94. The Hall–Kier alpha value is -1.51. The Balaban J connectivity index is 2.82. The van der Waals surface area contributed by atoms with Gasteiger partial charge in [0.15, 0.2) is 0 Å². The molecule has 1 atom stereocenters. The van der Waals surface area contributed by atoms with E-state index in [2.05, 4.69) is 44.3 Å². The molecule has 0 aliphatic carbocycles. The summed E-state index contributed by atoms with van der Waals surface area (Å²) in [4.78, 5) is 10.9. The first-order valence-electron chi connectivity index (χ1n) is 6.65. The summed E-state index contributed by atoms with van der Waals surface area (Å²) in [6.45, 7) is 7.03. The number of carbonyl (C=O) groups is 1. The minimum absolute atomic E-state index is 0.359. The van der Waals surface area contributed by atoms with E-state index < -0.39 is 6.03 Å². The Morgan fingerprint density at radius 3 is 2.67 bits per heavy atom. The molecule has 0 fully saturated rings. The van der Waals surface area contributed by atoms with Gasteiger partial charge in [0.05, 0.1) is 0 Å². The fraction of sp³-hybridized carbons (Fsp3) is 0.533. The van der Waals surface area contributed by atoms with Crippen LogP contribution in [0.2, 0.25) is 0 Å². The Labute approximate surface area is 110 Å². The summed E-state index contributed by atoms with van der Waals surface area (Å²) < 4.78 is 0. The van der Waals surface area contributed by atoms with Crippen molar-refractivity contribution < 1.29 is 4.79 Å². The van der Waals surface area contributed by atoms with E-state index in [1.807, 2.05) is 0 Å². The molecular formula is C15H24N2O. The molecule has 2 amide bonds. The van der Waals surface area contributed by atoms with Crippen LogP contribution in [-0.2, 0) is 0 Å². The lowest BCUT2D eigenvalue weighted by atomic mass is 9.89. The third-order valence-corrected chi connectivity index (χ3v) is 3.29. The van der Waals surface area contributed by atoms with Gasteiger partial charge in [-0.2, -0.15) is 0 Å². The molecule has 1 unspecified atom stereocenters. The van der Waals surface area contributed by atoms with Crippen molar-refractivity contribution in [1.29, 1.82) is 0 Å². The summed E-state index contributed by atoms with van der Waals surface area (Å²) in [7, 11) is 0. The number of aryl methyl sites for hydroxylation is 2. The summed E-state index contributed by atoms with van der Waals surface area (Å²) >= 11 is 0. The number of carbonyl (C=O) groups excluding carboxylic acids is 1. The normalized spacial score (nSPS) is 12.2. The molecule has 3 N–H and O–H groups in total. The number of rotatable bonds is 6. The first-order chi connectivity index (χ1) is 8.54. The van der Waals surface area contributed by atoms with Crippen LogP contribution in [0, 0.1) is 13.8 Å². The highest BCUT2D eigenvalue weighted by atomic mass is 16.2. The number of amides is 2. The van der Waals surface area contributed by atoms with Crippen LogP contribution >= 0.6 is 0 Å². The van der Waals surface area contributed by atoms with Crippen LogP contribution < -0.4 is 11.1 Å². The zero-order valence-electron chi connectivity index (χ0n) is 11.6. The van der Waals surface area contributed by atoms with Crippen molar-refractivity contribution in [3.63, 3.8) is 0 Å². The summed E-state index contributed by atoms with van der Waals surface area (Å²) in [5, 5.41) is 2.73. The van der Waals surface area contributed by atoms with Crippen LogP contribution in [-0.4, -0.2) is 12.6 Å². The van der Waals surface area contributed by atoms with E-state index in [-0.39, 0.29) is 0 Å². The van der Waals surface area contributed by atoms with Gasteiger partial charge in [-0.05, 0) is 31.4 Å². The van der Waals surface area contributed by atoms with Gasteiger partial charge < -0.3 is 11.1 Å². The van der Waals surface area contributed by atoms with Gasteiger partial charge in [-0.25, -0.2) is 4.79 Å². The van der Waals surface area contributed by atoms with Crippen LogP contribution in [0.3, 0.4) is 0 Å². The monoisotopic (exact) mass is 248 g/mol. The lowest BCUT2D eigenvalue weighted by Crippen LogP contribution is -2.33. The van der Waals surface area contributed by atoms with E-state index in [1.54, 1.807) is 0 Å². The molecule has 3 nitrogen and oxygen atoms in total. The van der Waals surface area contributed by atoms with Crippen molar-refractivity contribution in [1.82, 2.24) is 5.32 Å². The second kappa shape index (κ2) is 7.04. The molecule has 1 rings (SSSR count). The number of urea groups is 1. The van der Waals surface area contributed by atoms with Crippen molar-refractivity contribution in [2.45, 2.75) is 46.0 Å². The van der Waals surface area contributed by atoms with Crippen LogP contribution in [0.4, 0.5) is 4.79 Å². The second-order valence-electron chi connectivity index (χ2n) is 4.94.